The van der Waals surface area contributed by atoms with Gasteiger partial charge in [-0.05, 0) is 12.1 Å². The zero-order valence-corrected chi connectivity index (χ0v) is 8.44. The Balaban J connectivity index is 0.00000144. The minimum atomic E-state index is -0.113. The molecule has 1 heterocycles. The second-order valence-corrected chi connectivity index (χ2v) is 2.56. The predicted molar refractivity (Wildman–Crippen MR) is 54.5 cm³/mol. The fourth-order valence-corrected chi connectivity index (χ4v) is 0.861. The zero-order chi connectivity index (χ0) is 8.81. The summed E-state index contributed by atoms with van der Waals surface area (Å²) in [6.07, 6.45) is 3.16. The number of halogens is 2. The average molecular weight is 221 g/mol. The standard InChI is InChI=1S/C8H9ClN2O.ClH/c9-3-6-11-8(12)7-1-4-10-5-2-7;/h1-2,4-5H,3,6H2,(H,11,12);1H. The molecular weight excluding hydrogens is 211 g/mol. The average Bonchev–Trinajstić information content (AvgIpc) is 2.15. The van der Waals surface area contributed by atoms with Gasteiger partial charge in [-0.1, -0.05) is 0 Å². The Hall–Kier alpha value is -0.800. The van der Waals surface area contributed by atoms with Gasteiger partial charge in [0.05, 0.1) is 0 Å². The SMILES string of the molecule is Cl.O=C(NCCCl)c1ccncc1. The van der Waals surface area contributed by atoms with E-state index in [1.54, 1.807) is 24.5 Å². The maximum atomic E-state index is 11.2. The third-order valence-electron chi connectivity index (χ3n) is 1.32. The van der Waals surface area contributed by atoms with Crippen molar-refractivity contribution >= 4 is 29.9 Å². The van der Waals surface area contributed by atoms with Gasteiger partial charge in [-0.15, -0.1) is 24.0 Å². The molecule has 0 aromatic carbocycles. The number of rotatable bonds is 3. The van der Waals surface area contributed by atoms with Crippen molar-refractivity contribution < 1.29 is 4.79 Å². The van der Waals surface area contributed by atoms with Crippen molar-refractivity contribution in [3.8, 4) is 0 Å². The van der Waals surface area contributed by atoms with Gasteiger partial charge in [0.25, 0.3) is 5.91 Å². The second kappa shape index (κ2) is 6.69. The van der Waals surface area contributed by atoms with Crippen LogP contribution in [0.2, 0.25) is 0 Å². The second-order valence-electron chi connectivity index (χ2n) is 2.18. The highest BCUT2D eigenvalue weighted by Crippen LogP contribution is 1.94. The van der Waals surface area contributed by atoms with Crippen LogP contribution in [0.4, 0.5) is 0 Å². The molecule has 1 aromatic heterocycles. The monoisotopic (exact) mass is 220 g/mol. The molecule has 0 aliphatic carbocycles. The lowest BCUT2D eigenvalue weighted by Crippen LogP contribution is -2.25. The smallest absolute Gasteiger partial charge is 0.251 e. The lowest BCUT2D eigenvalue weighted by molar-refractivity contribution is 0.0956. The van der Waals surface area contributed by atoms with Crippen LogP contribution in [0.5, 0.6) is 0 Å². The summed E-state index contributed by atoms with van der Waals surface area (Å²) in [4.78, 5) is 15.0. The molecule has 0 unspecified atom stereocenters. The molecule has 0 spiro atoms. The van der Waals surface area contributed by atoms with Crippen LogP contribution in [0.1, 0.15) is 10.4 Å². The van der Waals surface area contributed by atoms with Crippen LogP contribution >= 0.6 is 24.0 Å². The minimum absolute atomic E-state index is 0. The molecule has 0 bridgehead atoms. The number of aromatic nitrogens is 1. The Morgan fingerprint density at radius 2 is 2.08 bits per heavy atom. The van der Waals surface area contributed by atoms with Gasteiger partial charge in [-0.2, -0.15) is 0 Å². The van der Waals surface area contributed by atoms with Crippen LogP contribution < -0.4 is 5.32 Å². The number of carbonyl (C=O) groups excluding carboxylic acids is 1. The third kappa shape index (κ3) is 4.10. The highest BCUT2D eigenvalue weighted by molar-refractivity contribution is 6.18. The normalized spacial score (nSPS) is 8.69. The number of pyridine rings is 1. The summed E-state index contributed by atoms with van der Waals surface area (Å²) in [5, 5.41) is 2.65. The van der Waals surface area contributed by atoms with Gasteiger partial charge in [0.2, 0.25) is 0 Å². The number of alkyl halides is 1. The highest BCUT2D eigenvalue weighted by Gasteiger charge is 2.01. The molecule has 0 aliphatic rings. The van der Waals surface area contributed by atoms with E-state index in [9.17, 15) is 4.79 Å². The zero-order valence-electron chi connectivity index (χ0n) is 6.87. The van der Waals surface area contributed by atoms with Gasteiger partial charge in [-0.3, -0.25) is 9.78 Å². The van der Waals surface area contributed by atoms with Crippen molar-refractivity contribution in [2.24, 2.45) is 0 Å². The van der Waals surface area contributed by atoms with E-state index in [2.05, 4.69) is 10.3 Å². The van der Waals surface area contributed by atoms with Crippen LogP contribution in [0.3, 0.4) is 0 Å². The van der Waals surface area contributed by atoms with Gasteiger partial charge in [-0.25, -0.2) is 0 Å². The predicted octanol–water partition coefficient (Wildman–Crippen LogP) is 1.47. The first-order chi connectivity index (χ1) is 5.84. The Morgan fingerprint density at radius 3 is 2.62 bits per heavy atom. The van der Waals surface area contributed by atoms with Crippen molar-refractivity contribution in [3.63, 3.8) is 0 Å². The topological polar surface area (TPSA) is 42.0 Å². The fourth-order valence-electron chi connectivity index (χ4n) is 0.766. The Morgan fingerprint density at radius 1 is 1.46 bits per heavy atom. The highest BCUT2D eigenvalue weighted by atomic mass is 35.5. The molecule has 13 heavy (non-hydrogen) atoms. The number of nitrogens with zero attached hydrogens (tertiary/aromatic N) is 1. The summed E-state index contributed by atoms with van der Waals surface area (Å²) in [6.45, 7) is 0.489. The van der Waals surface area contributed by atoms with Crippen LogP contribution in [0.25, 0.3) is 0 Å². The Kier molecular flexibility index (Phi) is 6.28. The Bertz CT molecular complexity index is 254. The van der Waals surface area contributed by atoms with Crippen LogP contribution in [0.15, 0.2) is 24.5 Å². The molecule has 0 aliphatic heterocycles. The van der Waals surface area contributed by atoms with Crippen molar-refractivity contribution in [3.05, 3.63) is 30.1 Å². The van der Waals surface area contributed by atoms with Crippen LogP contribution in [-0.4, -0.2) is 23.3 Å². The van der Waals surface area contributed by atoms with E-state index in [1.165, 1.54) is 0 Å². The summed E-state index contributed by atoms with van der Waals surface area (Å²) < 4.78 is 0. The maximum absolute atomic E-state index is 11.2. The summed E-state index contributed by atoms with van der Waals surface area (Å²) in [7, 11) is 0. The molecule has 0 atom stereocenters. The molecule has 5 heteroatoms. The van der Waals surface area contributed by atoms with E-state index in [-0.39, 0.29) is 18.3 Å². The first-order valence-corrected chi connectivity index (χ1v) is 4.12. The van der Waals surface area contributed by atoms with Gasteiger partial charge in [0, 0.05) is 30.4 Å². The van der Waals surface area contributed by atoms with Gasteiger partial charge in [0.15, 0.2) is 0 Å². The molecule has 1 aromatic rings. The molecule has 3 nitrogen and oxygen atoms in total. The first kappa shape index (κ1) is 12.2. The summed E-state index contributed by atoms with van der Waals surface area (Å²) in [5.74, 6) is 0.314. The molecule has 1 amide bonds. The molecule has 0 fully saturated rings. The number of carbonyl (C=O) groups is 1. The van der Waals surface area contributed by atoms with Crippen LogP contribution in [-0.2, 0) is 0 Å². The summed E-state index contributed by atoms with van der Waals surface area (Å²) in [5.41, 5.74) is 0.607. The molecule has 1 N–H and O–H groups in total. The lowest BCUT2D eigenvalue weighted by atomic mass is 10.2. The maximum Gasteiger partial charge on any atom is 0.251 e. The number of hydrogen-bond donors (Lipinski definition) is 1. The van der Waals surface area contributed by atoms with Crippen molar-refractivity contribution in [1.29, 1.82) is 0 Å². The fraction of sp³-hybridized carbons (Fsp3) is 0.250. The van der Waals surface area contributed by atoms with Crippen LogP contribution in [0, 0.1) is 0 Å². The molecule has 0 saturated heterocycles. The molecule has 0 saturated carbocycles. The lowest BCUT2D eigenvalue weighted by Gasteiger charge is -2.00. The minimum Gasteiger partial charge on any atom is -0.351 e. The van der Waals surface area contributed by atoms with E-state index in [0.717, 1.165) is 0 Å². The van der Waals surface area contributed by atoms with E-state index in [1.807, 2.05) is 0 Å². The van der Waals surface area contributed by atoms with E-state index >= 15 is 0 Å². The number of nitrogens with one attached hydrogen (secondary N) is 1. The number of amides is 1. The van der Waals surface area contributed by atoms with E-state index in [4.69, 9.17) is 11.6 Å². The largest absolute Gasteiger partial charge is 0.351 e. The Labute approximate surface area is 87.9 Å². The van der Waals surface area contributed by atoms with Gasteiger partial charge in [0.1, 0.15) is 0 Å². The van der Waals surface area contributed by atoms with Crippen molar-refractivity contribution in [1.82, 2.24) is 10.3 Å². The number of hydrogen-bond acceptors (Lipinski definition) is 2. The molecule has 72 valence electrons. The van der Waals surface area contributed by atoms with E-state index < -0.39 is 0 Å². The van der Waals surface area contributed by atoms with Gasteiger partial charge < -0.3 is 5.32 Å². The third-order valence-corrected chi connectivity index (χ3v) is 1.51. The van der Waals surface area contributed by atoms with Crippen molar-refractivity contribution in [2.75, 3.05) is 12.4 Å². The summed E-state index contributed by atoms with van der Waals surface area (Å²) in [6, 6.07) is 3.31. The quantitative estimate of drug-likeness (QED) is 0.785. The van der Waals surface area contributed by atoms with Crippen molar-refractivity contribution in [2.45, 2.75) is 0 Å². The molecule has 1 rings (SSSR count). The summed E-state index contributed by atoms with van der Waals surface area (Å²) >= 11 is 5.41. The van der Waals surface area contributed by atoms with Gasteiger partial charge >= 0.3 is 0 Å². The molecule has 0 radical (unpaired) electrons. The molecular formula is C8H10Cl2N2O. The van der Waals surface area contributed by atoms with E-state index in [0.29, 0.717) is 18.0 Å². The first-order valence-electron chi connectivity index (χ1n) is 3.59.